The summed E-state index contributed by atoms with van der Waals surface area (Å²) in [6.45, 7) is 2.39. The fraction of sp³-hybridized carbons (Fsp3) is 0.200. The van der Waals surface area contributed by atoms with Crippen LogP contribution in [-0.4, -0.2) is 15.0 Å². The van der Waals surface area contributed by atoms with Crippen LogP contribution in [0, 0.1) is 6.92 Å². The number of anilines is 1. The van der Waals surface area contributed by atoms with Gasteiger partial charge in [0.2, 0.25) is 10.0 Å². The van der Waals surface area contributed by atoms with Gasteiger partial charge >= 0.3 is 0 Å². The Bertz CT molecular complexity index is 679. The van der Waals surface area contributed by atoms with Gasteiger partial charge in [-0.15, -0.1) is 0 Å². The zero-order chi connectivity index (χ0) is 14.6. The Morgan fingerprint density at radius 1 is 1.05 bits per heavy atom. The lowest BCUT2D eigenvalue weighted by Gasteiger charge is -2.08. The van der Waals surface area contributed by atoms with Crippen molar-refractivity contribution in [3.63, 3.8) is 0 Å². The first-order chi connectivity index (χ1) is 9.49. The molecule has 106 valence electrons. The first kappa shape index (κ1) is 14.6. The second-order valence-electron chi connectivity index (χ2n) is 4.64. The summed E-state index contributed by atoms with van der Waals surface area (Å²) < 4.78 is 26.7. The number of nitrogens with one attached hydrogen (secondary N) is 1. The fourth-order valence-electron chi connectivity index (χ4n) is 1.94. The van der Waals surface area contributed by atoms with Gasteiger partial charge in [0, 0.05) is 12.2 Å². The number of sulfonamides is 1. The lowest BCUT2D eigenvalue weighted by atomic mass is 10.1. The maximum atomic E-state index is 12.1. The molecule has 4 nitrogen and oxygen atoms in total. The molecule has 20 heavy (non-hydrogen) atoms. The monoisotopic (exact) mass is 290 g/mol. The first-order valence-corrected chi connectivity index (χ1v) is 7.87. The zero-order valence-electron chi connectivity index (χ0n) is 11.3. The molecular formula is C15H18N2O2S. The Morgan fingerprint density at radius 2 is 1.70 bits per heavy atom. The van der Waals surface area contributed by atoms with Gasteiger partial charge in [-0.05, 0) is 48.7 Å². The third-order valence-electron chi connectivity index (χ3n) is 3.14. The minimum Gasteiger partial charge on any atom is -0.399 e. The van der Waals surface area contributed by atoms with E-state index in [9.17, 15) is 8.42 Å². The molecule has 0 fully saturated rings. The van der Waals surface area contributed by atoms with E-state index in [2.05, 4.69) is 4.72 Å². The molecule has 0 atom stereocenters. The Morgan fingerprint density at radius 3 is 2.35 bits per heavy atom. The molecule has 0 aliphatic rings. The van der Waals surface area contributed by atoms with Crippen LogP contribution in [0.4, 0.5) is 5.69 Å². The molecule has 0 aliphatic carbocycles. The van der Waals surface area contributed by atoms with E-state index < -0.39 is 10.0 Å². The molecule has 3 N–H and O–H groups in total. The van der Waals surface area contributed by atoms with Crippen LogP contribution in [0.15, 0.2) is 53.4 Å². The Kier molecular flexibility index (Phi) is 4.42. The molecule has 2 rings (SSSR count). The Hall–Kier alpha value is -1.85. The van der Waals surface area contributed by atoms with Crippen molar-refractivity contribution in [2.45, 2.75) is 18.2 Å². The van der Waals surface area contributed by atoms with Gasteiger partial charge in [-0.3, -0.25) is 0 Å². The molecule has 0 amide bonds. The van der Waals surface area contributed by atoms with Crippen LogP contribution in [-0.2, 0) is 16.4 Å². The number of nitrogens with two attached hydrogens (primary N) is 1. The van der Waals surface area contributed by atoms with E-state index in [0.717, 1.165) is 5.56 Å². The molecule has 0 heterocycles. The molecule has 0 saturated heterocycles. The lowest BCUT2D eigenvalue weighted by molar-refractivity contribution is 0.581. The van der Waals surface area contributed by atoms with Gasteiger partial charge in [0.1, 0.15) is 0 Å². The molecule has 5 heteroatoms. The smallest absolute Gasteiger partial charge is 0.240 e. The summed E-state index contributed by atoms with van der Waals surface area (Å²) in [5, 5.41) is 0. The van der Waals surface area contributed by atoms with Crippen molar-refractivity contribution in [2.75, 3.05) is 12.3 Å². The number of hydrogen-bond donors (Lipinski definition) is 2. The SMILES string of the molecule is Cc1ccccc1CCNS(=O)(=O)c1ccc(N)cc1. The van der Waals surface area contributed by atoms with Crippen LogP contribution in [0.25, 0.3) is 0 Å². The van der Waals surface area contributed by atoms with Gasteiger partial charge in [0.25, 0.3) is 0 Å². The van der Waals surface area contributed by atoms with Crippen molar-refractivity contribution in [3.8, 4) is 0 Å². The molecule has 2 aromatic carbocycles. The second-order valence-corrected chi connectivity index (χ2v) is 6.41. The highest BCUT2D eigenvalue weighted by molar-refractivity contribution is 7.89. The van der Waals surface area contributed by atoms with E-state index in [1.54, 1.807) is 12.1 Å². The van der Waals surface area contributed by atoms with Gasteiger partial charge in [0.05, 0.1) is 4.90 Å². The maximum absolute atomic E-state index is 12.1. The normalized spacial score (nSPS) is 11.4. The van der Waals surface area contributed by atoms with E-state index in [-0.39, 0.29) is 4.90 Å². The maximum Gasteiger partial charge on any atom is 0.240 e. The molecule has 0 unspecified atom stereocenters. The van der Waals surface area contributed by atoms with Crippen molar-refractivity contribution in [2.24, 2.45) is 0 Å². The lowest BCUT2D eigenvalue weighted by Crippen LogP contribution is -2.26. The minimum absolute atomic E-state index is 0.233. The third kappa shape index (κ3) is 3.59. The van der Waals surface area contributed by atoms with Crippen LogP contribution >= 0.6 is 0 Å². The average molecular weight is 290 g/mol. The molecule has 0 aromatic heterocycles. The van der Waals surface area contributed by atoms with Crippen LogP contribution in [0.3, 0.4) is 0 Å². The fourth-order valence-corrected chi connectivity index (χ4v) is 2.97. The van der Waals surface area contributed by atoms with Crippen molar-refractivity contribution in [1.82, 2.24) is 4.72 Å². The highest BCUT2D eigenvalue weighted by Crippen LogP contribution is 2.12. The summed E-state index contributed by atoms with van der Waals surface area (Å²) in [4.78, 5) is 0.233. The summed E-state index contributed by atoms with van der Waals surface area (Å²) in [5.41, 5.74) is 8.40. The molecule has 0 radical (unpaired) electrons. The zero-order valence-corrected chi connectivity index (χ0v) is 12.2. The van der Waals surface area contributed by atoms with Gasteiger partial charge in [-0.1, -0.05) is 24.3 Å². The van der Waals surface area contributed by atoms with Crippen LogP contribution < -0.4 is 10.5 Å². The number of nitrogen functional groups attached to an aromatic ring is 1. The highest BCUT2D eigenvalue weighted by atomic mass is 32.2. The van der Waals surface area contributed by atoms with Gasteiger partial charge in [-0.25, -0.2) is 13.1 Å². The van der Waals surface area contributed by atoms with Crippen molar-refractivity contribution in [3.05, 3.63) is 59.7 Å². The van der Waals surface area contributed by atoms with Crippen molar-refractivity contribution < 1.29 is 8.42 Å². The predicted octanol–water partition coefficient (Wildman–Crippen LogP) is 2.10. The standard InChI is InChI=1S/C15H18N2O2S/c1-12-4-2-3-5-13(12)10-11-17-20(18,19)15-8-6-14(16)7-9-15/h2-9,17H,10-11,16H2,1H3. The molecule has 0 aliphatic heterocycles. The van der Waals surface area contributed by atoms with E-state index in [1.165, 1.54) is 17.7 Å². The first-order valence-electron chi connectivity index (χ1n) is 6.39. The Labute approximate surface area is 119 Å². The van der Waals surface area contributed by atoms with Gasteiger partial charge < -0.3 is 5.73 Å². The van der Waals surface area contributed by atoms with Crippen LogP contribution in [0.2, 0.25) is 0 Å². The van der Waals surface area contributed by atoms with E-state index in [1.807, 2.05) is 31.2 Å². The predicted molar refractivity (Wildman–Crippen MR) is 80.9 cm³/mol. The summed E-state index contributed by atoms with van der Waals surface area (Å²) in [5.74, 6) is 0. The van der Waals surface area contributed by atoms with Gasteiger partial charge in [-0.2, -0.15) is 0 Å². The number of benzene rings is 2. The van der Waals surface area contributed by atoms with E-state index >= 15 is 0 Å². The topological polar surface area (TPSA) is 72.2 Å². The van der Waals surface area contributed by atoms with E-state index in [0.29, 0.717) is 18.7 Å². The second kappa shape index (κ2) is 6.07. The van der Waals surface area contributed by atoms with Crippen molar-refractivity contribution in [1.29, 1.82) is 0 Å². The summed E-state index contributed by atoms with van der Waals surface area (Å²) in [7, 11) is -3.47. The third-order valence-corrected chi connectivity index (χ3v) is 4.62. The van der Waals surface area contributed by atoms with E-state index in [4.69, 9.17) is 5.73 Å². The molecule has 0 spiro atoms. The molecule has 2 aromatic rings. The Balaban J connectivity index is 2.00. The molecular weight excluding hydrogens is 272 g/mol. The quantitative estimate of drug-likeness (QED) is 0.828. The number of aryl methyl sites for hydroxylation is 1. The number of rotatable bonds is 5. The van der Waals surface area contributed by atoms with Crippen LogP contribution in [0.5, 0.6) is 0 Å². The molecule has 0 saturated carbocycles. The summed E-state index contributed by atoms with van der Waals surface area (Å²) in [6, 6.07) is 14.1. The summed E-state index contributed by atoms with van der Waals surface area (Å²) in [6.07, 6.45) is 0.668. The summed E-state index contributed by atoms with van der Waals surface area (Å²) >= 11 is 0. The average Bonchev–Trinajstić information content (AvgIpc) is 2.41. The van der Waals surface area contributed by atoms with Crippen molar-refractivity contribution >= 4 is 15.7 Å². The highest BCUT2D eigenvalue weighted by Gasteiger charge is 2.12. The number of hydrogen-bond acceptors (Lipinski definition) is 3. The van der Waals surface area contributed by atoms with Crippen LogP contribution in [0.1, 0.15) is 11.1 Å². The molecule has 0 bridgehead atoms. The minimum atomic E-state index is -3.47. The van der Waals surface area contributed by atoms with Gasteiger partial charge in [0.15, 0.2) is 0 Å². The largest absolute Gasteiger partial charge is 0.399 e.